The molecule has 0 saturated heterocycles. The van der Waals surface area contributed by atoms with Gasteiger partial charge in [0.2, 0.25) is 10.0 Å². The highest BCUT2D eigenvalue weighted by atomic mass is 32.2. The van der Waals surface area contributed by atoms with Crippen LogP contribution in [0.15, 0.2) is 29.2 Å². The Kier molecular flexibility index (Phi) is 4.22. The first-order chi connectivity index (χ1) is 7.99. The van der Waals surface area contributed by atoms with Crippen molar-refractivity contribution in [2.45, 2.75) is 24.3 Å². The van der Waals surface area contributed by atoms with Crippen LogP contribution in [0.3, 0.4) is 0 Å². The molecule has 0 saturated carbocycles. The fraction of sp³-hybridized carbons (Fsp3) is 0.273. The van der Waals surface area contributed by atoms with Crippen LogP contribution < -0.4 is 4.72 Å². The van der Waals surface area contributed by atoms with Crippen molar-refractivity contribution < 1.29 is 8.42 Å². The highest BCUT2D eigenvalue weighted by Crippen LogP contribution is 2.11. The summed E-state index contributed by atoms with van der Waals surface area (Å²) in [6, 6.07) is 8.97. The summed E-state index contributed by atoms with van der Waals surface area (Å²) in [6.07, 6.45) is 0.238. The van der Waals surface area contributed by atoms with Gasteiger partial charge >= 0.3 is 0 Å². The Morgan fingerprint density at radius 3 is 2.35 bits per heavy atom. The van der Waals surface area contributed by atoms with Crippen molar-refractivity contribution in [1.82, 2.24) is 4.72 Å². The molecular weight excluding hydrogens is 238 g/mol. The molecule has 0 heterocycles. The van der Waals surface area contributed by atoms with E-state index in [1.54, 1.807) is 18.2 Å². The van der Waals surface area contributed by atoms with Crippen LogP contribution in [0.5, 0.6) is 0 Å². The van der Waals surface area contributed by atoms with E-state index >= 15 is 0 Å². The largest absolute Gasteiger partial charge is 0.241 e. The molecule has 0 spiro atoms. The van der Waals surface area contributed by atoms with Gasteiger partial charge in [0.1, 0.15) is 6.04 Å². The van der Waals surface area contributed by atoms with Crippen molar-refractivity contribution in [2.24, 2.45) is 0 Å². The summed E-state index contributed by atoms with van der Waals surface area (Å²) in [6.45, 7) is 1.46. The number of hydrogen-bond donors (Lipinski definition) is 1. The van der Waals surface area contributed by atoms with Gasteiger partial charge < -0.3 is 0 Å². The molecule has 5 nitrogen and oxygen atoms in total. The molecule has 1 atom stereocenters. The Hall–Kier alpha value is -1.89. The zero-order chi connectivity index (χ0) is 12.9. The summed E-state index contributed by atoms with van der Waals surface area (Å²) in [5.74, 6) is 0. The number of sulfonamides is 1. The molecule has 88 valence electrons. The second-order valence-corrected chi connectivity index (χ2v) is 5.16. The predicted molar refractivity (Wildman–Crippen MR) is 61.2 cm³/mol. The fourth-order valence-corrected chi connectivity index (χ4v) is 2.35. The van der Waals surface area contributed by atoms with Crippen molar-refractivity contribution in [2.75, 3.05) is 0 Å². The summed E-state index contributed by atoms with van der Waals surface area (Å²) in [4.78, 5) is 0.0845. The van der Waals surface area contributed by atoms with Crippen molar-refractivity contribution in [3.05, 3.63) is 29.8 Å². The SMILES string of the molecule is CC(C#N)NS(=O)(=O)c1ccc(CC#N)cc1. The monoisotopic (exact) mass is 249 g/mol. The summed E-state index contributed by atoms with van der Waals surface area (Å²) >= 11 is 0. The maximum atomic E-state index is 11.7. The van der Waals surface area contributed by atoms with E-state index < -0.39 is 16.1 Å². The maximum Gasteiger partial charge on any atom is 0.241 e. The second-order valence-electron chi connectivity index (χ2n) is 3.45. The lowest BCUT2D eigenvalue weighted by Crippen LogP contribution is -2.31. The molecule has 1 N–H and O–H groups in total. The van der Waals surface area contributed by atoms with E-state index in [-0.39, 0.29) is 11.3 Å². The Balaban J connectivity index is 2.94. The number of rotatable bonds is 4. The maximum absolute atomic E-state index is 11.7. The number of nitriles is 2. The number of nitrogens with one attached hydrogen (secondary N) is 1. The van der Waals surface area contributed by atoms with E-state index in [2.05, 4.69) is 4.72 Å². The van der Waals surface area contributed by atoms with Crippen LogP contribution in [0.25, 0.3) is 0 Å². The predicted octanol–water partition coefficient (Wildman–Crippen LogP) is 0.943. The quantitative estimate of drug-likeness (QED) is 0.859. The van der Waals surface area contributed by atoms with Crippen LogP contribution in [-0.4, -0.2) is 14.5 Å². The van der Waals surface area contributed by atoms with E-state index in [1.165, 1.54) is 19.1 Å². The van der Waals surface area contributed by atoms with E-state index in [0.717, 1.165) is 5.56 Å². The van der Waals surface area contributed by atoms with Crippen LogP contribution in [-0.2, 0) is 16.4 Å². The zero-order valence-corrected chi connectivity index (χ0v) is 10.0. The minimum Gasteiger partial charge on any atom is -0.207 e. The molecule has 1 aromatic rings. The third kappa shape index (κ3) is 3.56. The molecule has 17 heavy (non-hydrogen) atoms. The van der Waals surface area contributed by atoms with Gasteiger partial charge in [0, 0.05) is 0 Å². The standard InChI is InChI=1S/C11H11N3O2S/c1-9(8-13)14-17(15,16)11-4-2-10(3-5-11)6-7-12/h2-5,9,14H,6H2,1H3. The first-order valence-corrected chi connectivity index (χ1v) is 6.36. The lowest BCUT2D eigenvalue weighted by atomic mass is 10.2. The first-order valence-electron chi connectivity index (χ1n) is 4.87. The molecule has 0 aliphatic rings. The molecule has 0 aliphatic carbocycles. The van der Waals surface area contributed by atoms with Gasteiger partial charge in [0.15, 0.2) is 0 Å². The van der Waals surface area contributed by atoms with Crippen molar-refractivity contribution in [3.8, 4) is 12.1 Å². The van der Waals surface area contributed by atoms with Gasteiger partial charge in [0.25, 0.3) is 0 Å². The second kappa shape index (κ2) is 5.44. The molecule has 6 heteroatoms. The van der Waals surface area contributed by atoms with Crippen LogP contribution in [0.1, 0.15) is 12.5 Å². The Morgan fingerprint density at radius 1 is 1.29 bits per heavy atom. The Morgan fingerprint density at radius 2 is 1.88 bits per heavy atom. The van der Waals surface area contributed by atoms with Crippen LogP contribution in [0.2, 0.25) is 0 Å². The van der Waals surface area contributed by atoms with Crippen LogP contribution in [0, 0.1) is 22.7 Å². The Labute approximate surface area is 100 Å². The third-order valence-corrected chi connectivity index (χ3v) is 3.60. The van der Waals surface area contributed by atoms with E-state index in [4.69, 9.17) is 10.5 Å². The van der Waals surface area contributed by atoms with Gasteiger partial charge in [-0.05, 0) is 24.6 Å². The number of nitrogens with zero attached hydrogens (tertiary/aromatic N) is 2. The lowest BCUT2D eigenvalue weighted by Gasteiger charge is -2.07. The molecule has 1 aromatic carbocycles. The molecule has 1 unspecified atom stereocenters. The molecule has 0 fully saturated rings. The van der Waals surface area contributed by atoms with E-state index in [1.807, 2.05) is 6.07 Å². The summed E-state index contributed by atoms with van der Waals surface area (Å²) in [7, 11) is -3.66. The Bertz CT molecular complexity index is 564. The fourth-order valence-electron chi connectivity index (χ4n) is 1.20. The van der Waals surface area contributed by atoms with Crippen molar-refractivity contribution >= 4 is 10.0 Å². The smallest absolute Gasteiger partial charge is 0.207 e. The summed E-state index contributed by atoms with van der Waals surface area (Å²) in [5, 5.41) is 17.0. The molecule has 0 amide bonds. The van der Waals surface area contributed by atoms with Gasteiger partial charge in [-0.1, -0.05) is 12.1 Å². The summed E-state index contributed by atoms with van der Waals surface area (Å²) in [5.41, 5.74) is 0.750. The topological polar surface area (TPSA) is 93.8 Å². The highest BCUT2D eigenvalue weighted by molar-refractivity contribution is 7.89. The van der Waals surface area contributed by atoms with Gasteiger partial charge in [-0.15, -0.1) is 0 Å². The minimum absolute atomic E-state index is 0.0845. The van der Waals surface area contributed by atoms with Crippen LogP contribution in [0.4, 0.5) is 0 Å². The average Bonchev–Trinajstić information content (AvgIpc) is 2.29. The molecule has 0 aromatic heterocycles. The van der Waals surface area contributed by atoms with Gasteiger partial charge in [-0.25, -0.2) is 8.42 Å². The molecule has 1 rings (SSSR count). The van der Waals surface area contributed by atoms with Crippen molar-refractivity contribution in [1.29, 1.82) is 10.5 Å². The summed E-state index contributed by atoms with van der Waals surface area (Å²) < 4.78 is 25.7. The normalized spacial score (nSPS) is 12.4. The lowest BCUT2D eigenvalue weighted by molar-refractivity contribution is 0.577. The first kappa shape index (κ1) is 13.2. The molecular formula is C11H11N3O2S. The van der Waals surface area contributed by atoms with Crippen molar-refractivity contribution in [3.63, 3.8) is 0 Å². The molecule has 0 bridgehead atoms. The zero-order valence-electron chi connectivity index (χ0n) is 9.21. The highest BCUT2D eigenvalue weighted by Gasteiger charge is 2.16. The molecule has 0 radical (unpaired) electrons. The van der Waals surface area contributed by atoms with Crippen LogP contribution >= 0.6 is 0 Å². The number of hydrogen-bond acceptors (Lipinski definition) is 4. The van der Waals surface area contributed by atoms with Gasteiger partial charge in [-0.2, -0.15) is 15.2 Å². The average molecular weight is 249 g/mol. The van der Waals surface area contributed by atoms with E-state index in [0.29, 0.717) is 0 Å². The molecule has 0 aliphatic heterocycles. The van der Waals surface area contributed by atoms with E-state index in [9.17, 15) is 8.42 Å². The third-order valence-electron chi connectivity index (χ3n) is 2.04. The van der Waals surface area contributed by atoms with Gasteiger partial charge in [-0.3, -0.25) is 0 Å². The minimum atomic E-state index is -3.66. The van der Waals surface area contributed by atoms with Gasteiger partial charge in [0.05, 0.1) is 23.5 Å². The number of benzene rings is 1.